The Labute approximate surface area is 189 Å². The van der Waals surface area contributed by atoms with Crippen molar-refractivity contribution in [2.24, 2.45) is 0 Å². The molecule has 32 heavy (non-hydrogen) atoms. The lowest BCUT2D eigenvalue weighted by molar-refractivity contribution is -0.133. The van der Waals surface area contributed by atoms with Gasteiger partial charge in [-0.2, -0.15) is 0 Å². The molecule has 0 saturated carbocycles. The van der Waals surface area contributed by atoms with E-state index in [0.29, 0.717) is 12.0 Å². The summed E-state index contributed by atoms with van der Waals surface area (Å²) in [5.74, 6) is -0.0969. The second kappa shape index (κ2) is 9.55. The molecule has 1 fully saturated rings. The number of anilines is 1. The summed E-state index contributed by atoms with van der Waals surface area (Å²) in [6.07, 6.45) is 4.59. The topological polar surface area (TPSA) is 69.7 Å². The average Bonchev–Trinajstić information content (AvgIpc) is 3.27. The summed E-state index contributed by atoms with van der Waals surface area (Å²) >= 11 is 0. The molecule has 6 heteroatoms. The van der Waals surface area contributed by atoms with E-state index in [1.54, 1.807) is 19.1 Å². The molecule has 1 N–H and O–H groups in total. The fraction of sp³-hybridized carbons (Fsp3) is 0.423. The summed E-state index contributed by atoms with van der Waals surface area (Å²) < 4.78 is 0. The van der Waals surface area contributed by atoms with Crippen LogP contribution in [0.4, 0.5) is 5.69 Å². The van der Waals surface area contributed by atoms with Crippen molar-refractivity contribution in [1.29, 1.82) is 0 Å². The second-order valence-corrected chi connectivity index (χ2v) is 8.65. The Kier molecular flexibility index (Phi) is 6.58. The van der Waals surface area contributed by atoms with Gasteiger partial charge in [-0.15, -0.1) is 0 Å². The molecule has 6 nitrogen and oxygen atoms in total. The van der Waals surface area contributed by atoms with Crippen molar-refractivity contribution in [2.45, 2.75) is 52.0 Å². The number of likely N-dealkylation sites (tertiary alicyclic amines) is 1. The minimum atomic E-state index is -0.536. The lowest BCUT2D eigenvalue weighted by atomic mass is 10.0. The summed E-state index contributed by atoms with van der Waals surface area (Å²) in [6.45, 7) is 5.92. The third kappa shape index (κ3) is 4.54. The van der Waals surface area contributed by atoms with Crippen LogP contribution >= 0.6 is 0 Å². The van der Waals surface area contributed by atoms with Crippen LogP contribution in [-0.4, -0.2) is 48.3 Å². The molecule has 2 aromatic rings. The van der Waals surface area contributed by atoms with Crippen molar-refractivity contribution in [3.05, 3.63) is 53.6 Å². The van der Waals surface area contributed by atoms with Crippen LogP contribution in [0.25, 0.3) is 11.1 Å². The number of nitrogens with one attached hydrogen (secondary N) is 1. The highest BCUT2D eigenvalue weighted by molar-refractivity contribution is 5.98. The Hall–Kier alpha value is -3.15. The molecule has 0 spiro atoms. The van der Waals surface area contributed by atoms with E-state index in [0.717, 1.165) is 62.1 Å². The molecule has 168 valence electrons. The van der Waals surface area contributed by atoms with Crippen LogP contribution in [0.1, 0.15) is 55.5 Å². The highest BCUT2D eigenvalue weighted by Gasteiger charge is 2.25. The van der Waals surface area contributed by atoms with Gasteiger partial charge in [0.15, 0.2) is 0 Å². The van der Waals surface area contributed by atoms with Crippen LogP contribution in [0, 0.1) is 0 Å². The van der Waals surface area contributed by atoms with Gasteiger partial charge >= 0.3 is 0 Å². The summed E-state index contributed by atoms with van der Waals surface area (Å²) in [5, 5.41) is 2.84. The molecule has 0 bridgehead atoms. The maximum Gasteiger partial charge on any atom is 0.251 e. The molecule has 0 aliphatic carbocycles. The van der Waals surface area contributed by atoms with Gasteiger partial charge in [0.05, 0.1) is 0 Å². The van der Waals surface area contributed by atoms with Gasteiger partial charge in [0.2, 0.25) is 11.8 Å². The number of piperidine rings is 1. The van der Waals surface area contributed by atoms with E-state index in [1.165, 1.54) is 5.56 Å². The van der Waals surface area contributed by atoms with E-state index in [-0.39, 0.29) is 17.7 Å². The van der Waals surface area contributed by atoms with Gasteiger partial charge in [-0.25, -0.2) is 0 Å². The van der Waals surface area contributed by atoms with E-state index in [1.807, 2.05) is 41.0 Å². The Morgan fingerprint density at radius 2 is 1.62 bits per heavy atom. The Balaban J connectivity index is 1.41. The zero-order valence-corrected chi connectivity index (χ0v) is 18.9. The normalized spacial score (nSPS) is 16.4. The molecule has 2 aliphatic heterocycles. The quantitative estimate of drug-likeness (QED) is 0.780. The maximum atomic E-state index is 12.7. The molecule has 2 heterocycles. The fourth-order valence-corrected chi connectivity index (χ4v) is 4.58. The van der Waals surface area contributed by atoms with Gasteiger partial charge in [-0.3, -0.25) is 14.4 Å². The van der Waals surface area contributed by atoms with E-state index >= 15 is 0 Å². The van der Waals surface area contributed by atoms with Gasteiger partial charge in [-0.05, 0) is 73.6 Å². The summed E-state index contributed by atoms with van der Waals surface area (Å²) in [4.78, 5) is 41.0. The van der Waals surface area contributed by atoms with E-state index in [2.05, 4.69) is 11.4 Å². The van der Waals surface area contributed by atoms with E-state index < -0.39 is 6.04 Å². The lowest BCUT2D eigenvalue weighted by Crippen LogP contribution is -2.48. The van der Waals surface area contributed by atoms with Crippen LogP contribution in [0.3, 0.4) is 0 Å². The lowest BCUT2D eigenvalue weighted by Gasteiger charge is -2.29. The summed E-state index contributed by atoms with van der Waals surface area (Å²) in [6, 6.07) is 13.1. The van der Waals surface area contributed by atoms with Gasteiger partial charge in [0, 0.05) is 37.3 Å². The van der Waals surface area contributed by atoms with Gasteiger partial charge in [0.25, 0.3) is 5.91 Å². The third-order valence-corrected chi connectivity index (χ3v) is 6.44. The van der Waals surface area contributed by atoms with Crippen molar-refractivity contribution >= 4 is 23.4 Å². The van der Waals surface area contributed by atoms with Crippen molar-refractivity contribution in [3.8, 4) is 11.1 Å². The summed E-state index contributed by atoms with van der Waals surface area (Å²) in [5.41, 5.74) is 4.80. The number of benzene rings is 2. The largest absolute Gasteiger partial charge is 0.341 e. The fourth-order valence-electron chi connectivity index (χ4n) is 4.58. The Bertz CT molecular complexity index is 1010. The van der Waals surface area contributed by atoms with Crippen molar-refractivity contribution in [2.75, 3.05) is 24.5 Å². The van der Waals surface area contributed by atoms with Crippen LogP contribution in [-0.2, 0) is 16.0 Å². The first kappa shape index (κ1) is 22.1. The number of rotatable bonds is 5. The second-order valence-electron chi connectivity index (χ2n) is 8.65. The highest BCUT2D eigenvalue weighted by Crippen LogP contribution is 2.32. The molecule has 2 aliphatic rings. The Morgan fingerprint density at radius 3 is 2.31 bits per heavy atom. The summed E-state index contributed by atoms with van der Waals surface area (Å²) in [7, 11) is 0. The number of fused-ring (bicyclic) bond motifs is 1. The van der Waals surface area contributed by atoms with Crippen LogP contribution in [0.15, 0.2) is 42.5 Å². The predicted octanol–water partition coefficient (Wildman–Crippen LogP) is 3.78. The predicted molar refractivity (Wildman–Crippen MR) is 126 cm³/mol. The zero-order valence-electron chi connectivity index (χ0n) is 18.9. The van der Waals surface area contributed by atoms with Crippen molar-refractivity contribution in [3.63, 3.8) is 0 Å². The minimum Gasteiger partial charge on any atom is -0.341 e. The first-order chi connectivity index (χ1) is 15.5. The van der Waals surface area contributed by atoms with E-state index in [9.17, 15) is 14.4 Å². The van der Waals surface area contributed by atoms with Crippen LogP contribution in [0.5, 0.6) is 0 Å². The van der Waals surface area contributed by atoms with Gasteiger partial charge in [-0.1, -0.05) is 25.1 Å². The van der Waals surface area contributed by atoms with Gasteiger partial charge < -0.3 is 15.1 Å². The van der Waals surface area contributed by atoms with E-state index in [4.69, 9.17) is 0 Å². The molecule has 1 saturated heterocycles. The maximum absolute atomic E-state index is 12.7. The first-order valence-electron chi connectivity index (χ1n) is 11.6. The molecule has 1 unspecified atom stereocenters. The van der Waals surface area contributed by atoms with Crippen molar-refractivity contribution < 1.29 is 14.4 Å². The molecular weight excluding hydrogens is 402 g/mol. The first-order valence-corrected chi connectivity index (χ1v) is 11.6. The molecule has 2 aromatic carbocycles. The van der Waals surface area contributed by atoms with Crippen LogP contribution < -0.4 is 10.2 Å². The number of hydrogen-bond acceptors (Lipinski definition) is 3. The number of carbonyl (C=O) groups is 3. The molecule has 0 radical (unpaired) electrons. The highest BCUT2D eigenvalue weighted by atomic mass is 16.2. The van der Waals surface area contributed by atoms with Crippen molar-refractivity contribution in [1.82, 2.24) is 10.2 Å². The molecular formula is C26H31N3O3. The number of nitrogens with zero attached hydrogens (tertiary/aromatic N) is 2. The Morgan fingerprint density at radius 1 is 0.938 bits per heavy atom. The third-order valence-electron chi connectivity index (χ3n) is 6.44. The van der Waals surface area contributed by atoms with Crippen LogP contribution in [0.2, 0.25) is 0 Å². The van der Waals surface area contributed by atoms with Gasteiger partial charge in [0.1, 0.15) is 6.04 Å². The molecule has 3 amide bonds. The molecule has 1 atom stereocenters. The average molecular weight is 434 g/mol. The monoisotopic (exact) mass is 433 g/mol. The molecule has 4 rings (SSSR count). The number of carbonyl (C=O) groups excluding carboxylic acids is 3. The SMILES string of the molecule is CCC(=O)N1CCc2cc(-c3ccc(C(=O)NC(C)C(=O)N4CCCCC4)cc3)ccc21. The smallest absolute Gasteiger partial charge is 0.251 e. The minimum absolute atomic E-state index is 0.0107. The number of amides is 3. The zero-order chi connectivity index (χ0) is 22.7. The molecule has 0 aromatic heterocycles. The number of hydrogen-bond donors (Lipinski definition) is 1. The standard InChI is InChI=1S/C26H31N3O3/c1-3-24(30)29-16-13-22-17-21(11-12-23(22)29)19-7-9-20(10-8-19)25(31)27-18(2)26(32)28-14-5-4-6-15-28/h7-12,17-18H,3-6,13-16H2,1-2H3,(H,27,31).